The summed E-state index contributed by atoms with van der Waals surface area (Å²) >= 11 is 0. The van der Waals surface area contributed by atoms with Crippen LogP contribution in [0.2, 0.25) is 0 Å². The van der Waals surface area contributed by atoms with E-state index >= 15 is 0 Å². The number of hydrogen-bond donors (Lipinski definition) is 0. The lowest BCUT2D eigenvalue weighted by molar-refractivity contribution is 0.179. The van der Waals surface area contributed by atoms with Gasteiger partial charge in [-0.1, -0.05) is 18.2 Å². The molecule has 1 atom stereocenters. The second-order valence-electron chi connectivity index (χ2n) is 3.58. The maximum absolute atomic E-state index is 11.4. The molecule has 0 spiro atoms. The van der Waals surface area contributed by atoms with E-state index in [2.05, 4.69) is 0 Å². The van der Waals surface area contributed by atoms with Crippen molar-refractivity contribution in [3.63, 3.8) is 0 Å². The Labute approximate surface area is 83.3 Å². The number of benzene rings is 1. The summed E-state index contributed by atoms with van der Waals surface area (Å²) in [5.41, 5.74) is 2.04. The zero-order chi connectivity index (χ0) is 10.1. The predicted molar refractivity (Wildman–Crippen MR) is 54.5 cm³/mol. The van der Waals surface area contributed by atoms with Crippen molar-refractivity contribution in [3.8, 4) is 0 Å². The molecular formula is C11H13NO2. The lowest BCUT2D eigenvalue weighted by Crippen LogP contribution is -2.31. The van der Waals surface area contributed by atoms with Crippen LogP contribution in [0.1, 0.15) is 12.5 Å². The summed E-state index contributed by atoms with van der Waals surface area (Å²) in [6.07, 6.45) is -0.244. The summed E-state index contributed by atoms with van der Waals surface area (Å²) in [7, 11) is 0. The summed E-state index contributed by atoms with van der Waals surface area (Å²) < 4.78 is 4.97. The molecule has 1 aliphatic heterocycles. The van der Waals surface area contributed by atoms with E-state index in [0.717, 1.165) is 11.3 Å². The third kappa shape index (κ3) is 1.35. The van der Waals surface area contributed by atoms with Crippen LogP contribution in [-0.4, -0.2) is 18.7 Å². The number of rotatable bonds is 1. The van der Waals surface area contributed by atoms with Crippen LogP contribution in [0.5, 0.6) is 0 Å². The number of amides is 1. The highest BCUT2D eigenvalue weighted by Gasteiger charge is 2.31. The molecule has 1 heterocycles. The molecule has 3 heteroatoms. The molecule has 0 radical (unpaired) electrons. The Bertz CT molecular complexity index is 362. The van der Waals surface area contributed by atoms with Gasteiger partial charge in [0.1, 0.15) is 6.61 Å². The van der Waals surface area contributed by atoms with Gasteiger partial charge in [-0.3, -0.25) is 4.90 Å². The zero-order valence-corrected chi connectivity index (χ0v) is 8.36. The first-order valence-corrected chi connectivity index (χ1v) is 4.72. The van der Waals surface area contributed by atoms with Crippen LogP contribution >= 0.6 is 0 Å². The van der Waals surface area contributed by atoms with E-state index in [-0.39, 0.29) is 12.1 Å². The SMILES string of the molecule is Cc1ccccc1N1C(=O)OCC1C. The fourth-order valence-corrected chi connectivity index (χ4v) is 1.69. The van der Waals surface area contributed by atoms with Gasteiger partial charge in [0, 0.05) is 0 Å². The fourth-order valence-electron chi connectivity index (χ4n) is 1.69. The lowest BCUT2D eigenvalue weighted by Gasteiger charge is -2.19. The van der Waals surface area contributed by atoms with Crippen LogP contribution in [-0.2, 0) is 4.74 Å². The van der Waals surface area contributed by atoms with Gasteiger partial charge in [-0.25, -0.2) is 4.79 Å². The molecule has 0 saturated carbocycles. The standard InChI is InChI=1S/C11H13NO2/c1-8-5-3-4-6-10(8)12-9(2)7-14-11(12)13/h3-6,9H,7H2,1-2H3. The molecular weight excluding hydrogens is 178 g/mol. The third-order valence-corrected chi connectivity index (χ3v) is 2.46. The number of ether oxygens (including phenoxy) is 1. The zero-order valence-electron chi connectivity index (χ0n) is 8.36. The quantitative estimate of drug-likeness (QED) is 0.681. The minimum absolute atomic E-state index is 0.128. The van der Waals surface area contributed by atoms with Gasteiger partial charge in [0.15, 0.2) is 0 Å². The van der Waals surface area contributed by atoms with Crippen LogP contribution in [0, 0.1) is 6.92 Å². The Kier molecular flexibility index (Phi) is 2.15. The molecule has 0 aliphatic carbocycles. The summed E-state index contributed by atoms with van der Waals surface area (Å²) in [6.45, 7) is 4.46. The Hall–Kier alpha value is -1.51. The van der Waals surface area contributed by atoms with E-state index < -0.39 is 0 Å². The van der Waals surface area contributed by atoms with E-state index in [0.29, 0.717) is 6.61 Å². The first kappa shape index (κ1) is 9.06. The fraction of sp³-hybridized carbons (Fsp3) is 0.364. The van der Waals surface area contributed by atoms with E-state index in [4.69, 9.17) is 4.74 Å². The number of cyclic esters (lactones) is 1. The maximum atomic E-state index is 11.4. The normalized spacial score (nSPS) is 21.1. The van der Waals surface area contributed by atoms with Crippen molar-refractivity contribution in [2.24, 2.45) is 0 Å². The van der Waals surface area contributed by atoms with Crippen molar-refractivity contribution in [1.82, 2.24) is 0 Å². The first-order chi connectivity index (χ1) is 6.70. The van der Waals surface area contributed by atoms with Crippen molar-refractivity contribution >= 4 is 11.8 Å². The Morgan fingerprint density at radius 1 is 1.43 bits per heavy atom. The molecule has 1 fully saturated rings. The second kappa shape index (κ2) is 3.33. The average Bonchev–Trinajstić information content (AvgIpc) is 2.48. The average molecular weight is 191 g/mol. The highest BCUT2D eigenvalue weighted by Crippen LogP contribution is 2.25. The van der Waals surface area contributed by atoms with Gasteiger partial charge < -0.3 is 4.74 Å². The van der Waals surface area contributed by atoms with Crippen LogP contribution in [0.25, 0.3) is 0 Å². The largest absolute Gasteiger partial charge is 0.447 e. The van der Waals surface area contributed by atoms with Gasteiger partial charge >= 0.3 is 6.09 Å². The Morgan fingerprint density at radius 2 is 2.14 bits per heavy atom. The van der Waals surface area contributed by atoms with Crippen molar-refractivity contribution in [1.29, 1.82) is 0 Å². The molecule has 1 aromatic carbocycles. The predicted octanol–water partition coefficient (Wildman–Crippen LogP) is 2.34. The van der Waals surface area contributed by atoms with Crippen molar-refractivity contribution < 1.29 is 9.53 Å². The van der Waals surface area contributed by atoms with Crippen molar-refractivity contribution in [2.45, 2.75) is 19.9 Å². The molecule has 3 nitrogen and oxygen atoms in total. The molecule has 1 aromatic rings. The van der Waals surface area contributed by atoms with Crippen LogP contribution in [0.3, 0.4) is 0 Å². The van der Waals surface area contributed by atoms with Crippen molar-refractivity contribution in [3.05, 3.63) is 29.8 Å². The van der Waals surface area contributed by atoms with Crippen LogP contribution in [0.15, 0.2) is 24.3 Å². The molecule has 2 rings (SSSR count). The third-order valence-electron chi connectivity index (χ3n) is 2.46. The number of nitrogens with zero attached hydrogens (tertiary/aromatic N) is 1. The molecule has 74 valence electrons. The van der Waals surface area contributed by atoms with E-state index in [1.165, 1.54) is 0 Å². The summed E-state index contributed by atoms with van der Waals surface area (Å²) in [6, 6.07) is 7.96. The molecule has 1 aliphatic rings. The number of anilines is 1. The first-order valence-electron chi connectivity index (χ1n) is 4.72. The number of hydrogen-bond acceptors (Lipinski definition) is 2. The number of carbonyl (C=O) groups excluding carboxylic acids is 1. The minimum atomic E-state index is -0.244. The van der Waals surface area contributed by atoms with E-state index in [1.54, 1.807) is 4.90 Å². The van der Waals surface area contributed by atoms with Gasteiger partial charge in [-0.2, -0.15) is 0 Å². The van der Waals surface area contributed by atoms with Gasteiger partial charge in [0.2, 0.25) is 0 Å². The molecule has 1 unspecified atom stereocenters. The number of aryl methyl sites for hydroxylation is 1. The minimum Gasteiger partial charge on any atom is -0.447 e. The van der Waals surface area contributed by atoms with Crippen LogP contribution in [0.4, 0.5) is 10.5 Å². The number of para-hydroxylation sites is 1. The Morgan fingerprint density at radius 3 is 2.71 bits per heavy atom. The van der Waals surface area contributed by atoms with Crippen LogP contribution < -0.4 is 4.90 Å². The highest BCUT2D eigenvalue weighted by atomic mass is 16.6. The van der Waals surface area contributed by atoms with Gasteiger partial charge in [0.05, 0.1) is 11.7 Å². The van der Waals surface area contributed by atoms with E-state index in [9.17, 15) is 4.79 Å². The molecule has 14 heavy (non-hydrogen) atoms. The van der Waals surface area contributed by atoms with Gasteiger partial charge in [-0.15, -0.1) is 0 Å². The van der Waals surface area contributed by atoms with Gasteiger partial charge in [-0.05, 0) is 25.5 Å². The molecule has 1 saturated heterocycles. The number of carbonyl (C=O) groups is 1. The molecule has 0 aromatic heterocycles. The monoisotopic (exact) mass is 191 g/mol. The molecule has 1 amide bonds. The Balaban J connectivity index is 2.39. The molecule has 0 N–H and O–H groups in total. The van der Waals surface area contributed by atoms with Crippen molar-refractivity contribution in [2.75, 3.05) is 11.5 Å². The topological polar surface area (TPSA) is 29.5 Å². The summed E-state index contributed by atoms with van der Waals surface area (Å²) in [4.78, 5) is 13.1. The molecule has 0 bridgehead atoms. The van der Waals surface area contributed by atoms with Gasteiger partial charge in [0.25, 0.3) is 0 Å². The maximum Gasteiger partial charge on any atom is 0.414 e. The summed E-state index contributed by atoms with van der Waals surface area (Å²) in [5, 5.41) is 0. The smallest absolute Gasteiger partial charge is 0.414 e. The highest BCUT2D eigenvalue weighted by molar-refractivity contribution is 5.91. The lowest BCUT2D eigenvalue weighted by atomic mass is 10.1. The second-order valence-corrected chi connectivity index (χ2v) is 3.58. The van der Waals surface area contributed by atoms with E-state index in [1.807, 2.05) is 38.1 Å². The summed E-state index contributed by atoms with van der Waals surface area (Å²) in [5.74, 6) is 0.